The van der Waals surface area contributed by atoms with Crippen molar-refractivity contribution in [1.82, 2.24) is 10.6 Å². The quantitative estimate of drug-likeness (QED) is 0.603. The lowest BCUT2D eigenvalue weighted by atomic mass is 10.1. The van der Waals surface area contributed by atoms with Crippen LogP contribution in [-0.4, -0.2) is 18.9 Å². The highest BCUT2D eigenvalue weighted by Gasteiger charge is 2.15. The third-order valence-corrected chi connectivity index (χ3v) is 4.21. The first-order chi connectivity index (χ1) is 14.0. The summed E-state index contributed by atoms with van der Waals surface area (Å²) in [5.41, 5.74) is 2.57. The molecule has 0 aliphatic rings. The van der Waals surface area contributed by atoms with Crippen LogP contribution in [-0.2, 0) is 11.3 Å². The zero-order valence-corrected chi connectivity index (χ0v) is 16.3. The van der Waals surface area contributed by atoms with Gasteiger partial charge in [0.15, 0.2) is 0 Å². The summed E-state index contributed by atoms with van der Waals surface area (Å²) in [6, 6.07) is 17.9. The van der Waals surface area contributed by atoms with Crippen LogP contribution in [0, 0.1) is 6.92 Å². The predicted octanol–water partition coefficient (Wildman–Crippen LogP) is 3.68. The number of ether oxygens (including phenoxy) is 1. The average Bonchev–Trinajstić information content (AvgIpc) is 3.25. The fourth-order valence-corrected chi connectivity index (χ4v) is 2.71. The number of amides is 2. The largest absolute Gasteiger partial charge is 0.497 e. The molecule has 0 aliphatic heterocycles. The van der Waals surface area contributed by atoms with E-state index in [9.17, 15) is 9.59 Å². The standard InChI is InChI=1S/C23H22N2O4/c1-16-5-3-6-17(13-16)15-24-23(27)21(14-20-7-4-12-29-20)25-22(26)18-8-10-19(28-2)11-9-18/h3-14H,15H2,1-2H3,(H,24,27)(H,25,26)/b21-14-. The van der Waals surface area contributed by atoms with Crippen LogP contribution in [0.5, 0.6) is 5.75 Å². The Bertz CT molecular complexity index is 1010. The van der Waals surface area contributed by atoms with E-state index in [1.165, 1.54) is 12.3 Å². The van der Waals surface area contributed by atoms with Crippen LogP contribution in [0.1, 0.15) is 27.2 Å². The third kappa shape index (κ3) is 5.59. The molecule has 1 heterocycles. The number of nitrogens with one attached hydrogen (secondary N) is 2. The van der Waals surface area contributed by atoms with Crippen LogP contribution < -0.4 is 15.4 Å². The van der Waals surface area contributed by atoms with Crippen molar-refractivity contribution in [3.63, 3.8) is 0 Å². The van der Waals surface area contributed by atoms with Gasteiger partial charge in [0.1, 0.15) is 17.2 Å². The molecule has 0 saturated carbocycles. The zero-order chi connectivity index (χ0) is 20.6. The van der Waals surface area contributed by atoms with E-state index in [1.54, 1.807) is 43.5 Å². The van der Waals surface area contributed by atoms with Gasteiger partial charge >= 0.3 is 0 Å². The summed E-state index contributed by atoms with van der Waals surface area (Å²) in [5.74, 6) is 0.283. The van der Waals surface area contributed by atoms with Gasteiger partial charge in [0, 0.05) is 18.2 Å². The molecule has 148 valence electrons. The maximum atomic E-state index is 12.7. The molecule has 0 aliphatic carbocycles. The van der Waals surface area contributed by atoms with E-state index < -0.39 is 11.8 Å². The minimum Gasteiger partial charge on any atom is -0.497 e. The molecule has 6 nitrogen and oxygen atoms in total. The summed E-state index contributed by atoms with van der Waals surface area (Å²) in [6.07, 6.45) is 2.99. The lowest BCUT2D eigenvalue weighted by Gasteiger charge is -2.11. The summed E-state index contributed by atoms with van der Waals surface area (Å²) in [7, 11) is 1.55. The molecule has 0 saturated heterocycles. The smallest absolute Gasteiger partial charge is 0.268 e. The Morgan fingerprint density at radius 1 is 1.07 bits per heavy atom. The average molecular weight is 390 g/mol. The van der Waals surface area contributed by atoms with E-state index in [4.69, 9.17) is 9.15 Å². The maximum Gasteiger partial charge on any atom is 0.268 e. The Hall–Kier alpha value is -3.80. The topological polar surface area (TPSA) is 80.6 Å². The first-order valence-corrected chi connectivity index (χ1v) is 9.09. The number of aryl methyl sites for hydroxylation is 1. The van der Waals surface area contributed by atoms with Gasteiger partial charge in [0.2, 0.25) is 0 Å². The minimum atomic E-state index is -0.412. The number of carbonyl (C=O) groups is 2. The first kappa shape index (κ1) is 19.9. The molecule has 0 bridgehead atoms. The van der Waals surface area contributed by atoms with Gasteiger partial charge in [-0.1, -0.05) is 29.8 Å². The van der Waals surface area contributed by atoms with Gasteiger partial charge in [0.25, 0.3) is 11.8 Å². The van der Waals surface area contributed by atoms with Crippen LogP contribution in [0.2, 0.25) is 0 Å². The van der Waals surface area contributed by atoms with E-state index in [0.29, 0.717) is 23.6 Å². The zero-order valence-electron chi connectivity index (χ0n) is 16.3. The second-order valence-electron chi connectivity index (χ2n) is 6.43. The molecule has 2 amide bonds. The molecule has 0 spiro atoms. The van der Waals surface area contributed by atoms with Crippen LogP contribution in [0.25, 0.3) is 6.08 Å². The summed E-state index contributed by atoms with van der Waals surface area (Å²) >= 11 is 0. The molecule has 1 aromatic heterocycles. The van der Waals surface area contributed by atoms with Crippen molar-refractivity contribution in [1.29, 1.82) is 0 Å². The highest BCUT2D eigenvalue weighted by atomic mass is 16.5. The Morgan fingerprint density at radius 3 is 2.52 bits per heavy atom. The Kier molecular flexibility index (Phi) is 6.47. The summed E-state index contributed by atoms with van der Waals surface area (Å²) in [4.78, 5) is 25.3. The molecule has 3 aromatic rings. The second kappa shape index (κ2) is 9.41. The van der Waals surface area contributed by atoms with Crippen LogP contribution in [0.3, 0.4) is 0 Å². The van der Waals surface area contributed by atoms with Gasteiger partial charge in [-0.05, 0) is 48.9 Å². The number of rotatable bonds is 7. The molecule has 0 unspecified atom stereocenters. The van der Waals surface area contributed by atoms with Gasteiger partial charge < -0.3 is 19.8 Å². The van der Waals surface area contributed by atoms with Crippen LogP contribution in [0.4, 0.5) is 0 Å². The van der Waals surface area contributed by atoms with Gasteiger partial charge in [-0.25, -0.2) is 0 Å². The Morgan fingerprint density at radius 2 is 1.86 bits per heavy atom. The van der Waals surface area contributed by atoms with Crippen molar-refractivity contribution < 1.29 is 18.7 Å². The fraction of sp³-hybridized carbons (Fsp3) is 0.130. The van der Waals surface area contributed by atoms with Crippen molar-refractivity contribution in [2.75, 3.05) is 7.11 Å². The molecule has 29 heavy (non-hydrogen) atoms. The molecular formula is C23H22N2O4. The second-order valence-corrected chi connectivity index (χ2v) is 6.43. The lowest BCUT2D eigenvalue weighted by Crippen LogP contribution is -2.34. The summed E-state index contributed by atoms with van der Waals surface area (Å²) < 4.78 is 10.4. The number of hydrogen-bond donors (Lipinski definition) is 2. The highest BCUT2D eigenvalue weighted by molar-refractivity contribution is 6.05. The SMILES string of the molecule is COc1ccc(C(=O)N/C(=C\c2ccco2)C(=O)NCc2cccc(C)c2)cc1. The van der Waals surface area contributed by atoms with E-state index >= 15 is 0 Å². The summed E-state index contributed by atoms with van der Waals surface area (Å²) in [5, 5.41) is 5.50. The molecule has 0 radical (unpaired) electrons. The van der Waals surface area contributed by atoms with E-state index in [-0.39, 0.29) is 5.70 Å². The number of hydrogen-bond acceptors (Lipinski definition) is 4. The van der Waals surface area contributed by atoms with Crippen molar-refractivity contribution in [2.45, 2.75) is 13.5 Å². The number of furan rings is 1. The van der Waals surface area contributed by atoms with Crippen molar-refractivity contribution >= 4 is 17.9 Å². The normalized spacial score (nSPS) is 11.0. The number of methoxy groups -OCH3 is 1. The minimum absolute atomic E-state index is 0.0911. The number of carbonyl (C=O) groups excluding carboxylic acids is 2. The Balaban J connectivity index is 1.75. The molecule has 2 aromatic carbocycles. The lowest BCUT2D eigenvalue weighted by molar-refractivity contribution is -0.117. The predicted molar refractivity (Wildman–Crippen MR) is 110 cm³/mol. The molecule has 6 heteroatoms. The highest BCUT2D eigenvalue weighted by Crippen LogP contribution is 2.13. The van der Waals surface area contributed by atoms with Crippen molar-refractivity contribution in [3.8, 4) is 5.75 Å². The Labute approximate surface area is 169 Å². The van der Waals surface area contributed by atoms with Gasteiger partial charge in [0.05, 0.1) is 13.4 Å². The molecule has 0 fully saturated rings. The first-order valence-electron chi connectivity index (χ1n) is 9.09. The van der Waals surface area contributed by atoms with Crippen molar-refractivity contribution in [2.24, 2.45) is 0 Å². The molecule has 2 N–H and O–H groups in total. The maximum absolute atomic E-state index is 12.7. The molecular weight excluding hydrogens is 368 g/mol. The van der Waals surface area contributed by atoms with E-state index in [0.717, 1.165) is 11.1 Å². The summed E-state index contributed by atoms with van der Waals surface area (Å²) in [6.45, 7) is 2.33. The monoisotopic (exact) mass is 390 g/mol. The molecule has 3 rings (SSSR count). The van der Waals surface area contributed by atoms with Crippen LogP contribution in [0.15, 0.2) is 77.0 Å². The van der Waals surface area contributed by atoms with Gasteiger partial charge in [-0.2, -0.15) is 0 Å². The van der Waals surface area contributed by atoms with E-state index in [1.807, 2.05) is 31.2 Å². The fourth-order valence-electron chi connectivity index (χ4n) is 2.71. The van der Waals surface area contributed by atoms with Gasteiger partial charge in [-0.3, -0.25) is 9.59 Å². The van der Waals surface area contributed by atoms with Gasteiger partial charge in [-0.15, -0.1) is 0 Å². The van der Waals surface area contributed by atoms with Crippen molar-refractivity contribution in [3.05, 3.63) is 95.1 Å². The number of benzene rings is 2. The van der Waals surface area contributed by atoms with E-state index in [2.05, 4.69) is 10.6 Å². The third-order valence-electron chi connectivity index (χ3n) is 4.21. The van der Waals surface area contributed by atoms with Crippen LogP contribution >= 0.6 is 0 Å². The molecule has 0 atom stereocenters.